The van der Waals surface area contributed by atoms with Crippen LogP contribution in [-0.4, -0.2) is 14.3 Å². The highest BCUT2D eigenvalue weighted by molar-refractivity contribution is 7.89. The molecular weight excluding hydrogens is 240 g/mol. The summed E-state index contributed by atoms with van der Waals surface area (Å²) in [5.74, 6) is 0.115. The molecule has 1 fully saturated rings. The van der Waals surface area contributed by atoms with Gasteiger partial charge in [0.1, 0.15) is 0 Å². The topological polar surface area (TPSA) is 89.3 Å². The van der Waals surface area contributed by atoms with E-state index in [0.29, 0.717) is 11.3 Å². The zero-order valence-electron chi connectivity index (χ0n) is 9.43. The van der Waals surface area contributed by atoms with Crippen LogP contribution in [-0.2, 0) is 14.8 Å². The number of amides is 1. The van der Waals surface area contributed by atoms with E-state index in [9.17, 15) is 13.2 Å². The van der Waals surface area contributed by atoms with Crippen molar-refractivity contribution in [2.24, 2.45) is 11.1 Å². The molecule has 1 amide bonds. The lowest BCUT2D eigenvalue weighted by atomic mass is 10.2. The molecule has 1 saturated carbocycles. The molecule has 0 radical (unpaired) electrons. The van der Waals surface area contributed by atoms with E-state index >= 15 is 0 Å². The number of hydrogen-bond acceptors (Lipinski definition) is 3. The maximum absolute atomic E-state index is 11.6. The fourth-order valence-electron chi connectivity index (χ4n) is 1.53. The van der Waals surface area contributed by atoms with Crippen LogP contribution in [0.1, 0.15) is 18.4 Å². The van der Waals surface area contributed by atoms with Crippen molar-refractivity contribution >= 4 is 21.6 Å². The summed E-state index contributed by atoms with van der Waals surface area (Å²) in [5.41, 5.74) is 1.32. The Morgan fingerprint density at radius 3 is 2.53 bits per heavy atom. The van der Waals surface area contributed by atoms with Crippen molar-refractivity contribution in [2.45, 2.75) is 24.7 Å². The molecule has 1 aromatic carbocycles. The first kappa shape index (κ1) is 12.1. The van der Waals surface area contributed by atoms with Gasteiger partial charge in [0.05, 0.1) is 4.90 Å². The molecule has 0 atom stereocenters. The highest BCUT2D eigenvalue weighted by Crippen LogP contribution is 2.30. The number of hydrogen-bond donors (Lipinski definition) is 2. The number of anilines is 1. The number of benzene rings is 1. The van der Waals surface area contributed by atoms with E-state index in [1.165, 1.54) is 12.1 Å². The molecule has 0 spiro atoms. The first-order valence-electron chi connectivity index (χ1n) is 5.32. The van der Waals surface area contributed by atoms with Crippen molar-refractivity contribution in [2.75, 3.05) is 5.32 Å². The van der Waals surface area contributed by atoms with Crippen molar-refractivity contribution in [3.8, 4) is 0 Å². The van der Waals surface area contributed by atoms with E-state index in [1.54, 1.807) is 13.0 Å². The predicted molar refractivity (Wildman–Crippen MR) is 63.9 cm³/mol. The summed E-state index contributed by atoms with van der Waals surface area (Å²) in [7, 11) is -3.69. The van der Waals surface area contributed by atoms with Crippen molar-refractivity contribution < 1.29 is 13.2 Å². The summed E-state index contributed by atoms with van der Waals surface area (Å²) in [6.07, 6.45) is 1.86. The van der Waals surface area contributed by atoms with Crippen LogP contribution in [0.2, 0.25) is 0 Å². The van der Waals surface area contributed by atoms with Crippen molar-refractivity contribution in [3.05, 3.63) is 23.8 Å². The first-order valence-corrected chi connectivity index (χ1v) is 6.87. The number of carbonyl (C=O) groups is 1. The molecule has 1 aromatic rings. The van der Waals surface area contributed by atoms with Crippen molar-refractivity contribution in [1.82, 2.24) is 0 Å². The van der Waals surface area contributed by atoms with Crippen LogP contribution in [0, 0.1) is 12.8 Å². The van der Waals surface area contributed by atoms with Crippen LogP contribution < -0.4 is 10.5 Å². The van der Waals surface area contributed by atoms with Gasteiger partial charge in [0.2, 0.25) is 15.9 Å². The molecule has 0 bridgehead atoms. The molecule has 6 heteroatoms. The summed E-state index contributed by atoms with van der Waals surface area (Å²) < 4.78 is 22.3. The minimum atomic E-state index is -3.69. The molecule has 0 aliphatic heterocycles. The third-order valence-electron chi connectivity index (χ3n) is 2.73. The van der Waals surface area contributed by atoms with Crippen LogP contribution in [0.3, 0.4) is 0 Å². The number of carbonyl (C=O) groups excluding carboxylic acids is 1. The van der Waals surface area contributed by atoms with Gasteiger partial charge in [-0.1, -0.05) is 0 Å². The second-order valence-corrected chi connectivity index (χ2v) is 5.85. The minimum absolute atomic E-state index is 0.00328. The lowest BCUT2D eigenvalue weighted by Gasteiger charge is -2.09. The van der Waals surface area contributed by atoms with Gasteiger partial charge in [0.25, 0.3) is 0 Å². The lowest BCUT2D eigenvalue weighted by Crippen LogP contribution is -2.15. The molecule has 0 aromatic heterocycles. The van der Waals surface area contributed by atoms with Gasteiger partial charge in [-0.3, -0.25) is 4.79 Å². The van der Waals surface area contributed by atoms with Gasteiger partial charge in [0, 0.05) is 11.6 Å². The third-order valence-corrected chi connectivity index (χ3v) is 3.64. The largest absolute Gasteiger partial charge is 0.326 e. The Labute approximate surface area is 100 Å². The van der Waals surface area contributed by atoms with Crippen LogP contribution in [0.15, 0.2) is 23.1 Å². The maximum Gasteiger partial charge on any atom is 0.238 e. The zero-order chi connectivity index (χ0) is 12.6. The smallest absolute Gasteiger partial charge is 0.238 e. The Hall–Kier alpha value is -1.40. The Kier molecular flexibility index (Phi) is 2.92. The Morgan fingerprint density at radius 1 is 1.41 bits per heavy atom. The number of nitrogens with one attached hydrogen (secondary N) is 1. The number of rotatable bonds is 3. The van der Waals surface area contributed by atoms with Gasteiger partial charge >= 0.3 is 0 Å². The average molecular weight is 254 g/mol. The van der Waals surface area contributed by atoms with E-state index in [4.69, 9.17) is 5.14 Å². The molecule has 17 heavy (non-hydrogen) atoms. The summed E-state index contributed by atoms with van der Waals surface area (Å²) in [6, 6.07) is 4.41. The molecule has 0 unspecified atom stereocenters. The Balaban J connectivity index is 2.22. The van der Waals surface area contributed by atoms with Gasteiger partial charge in [-0.05, 0) is 43.5 Å². The molecule has 1 aliphatic carbocycles. The second-order valence-electron chi connectivity index (χ2n) is 4.29. The van der Waals surface area contributed by atoms with Gasteiger partial charge in [-0.25, -0.2) is 13.6 Å². The first-order chi connectivity index (χ1) is 7.88. The molecule has 0 heterocycles. The second kappa shape index (κ2) is 4.12. The molecule has 3 N–H and O–H groups in total. The highest BCUT2D eigenvalue weighted by Gasteiger charge is 2.29. The van der Waals surface area contributed by atoms with Crippen LogP contribution in [0.25, 0.3) is 0 Å². The normalized spacial score (nSPS) is 15.6. The SMILES string of the molecule is Cc1cc(S(N)(=O)=O)ccc1NC(=O)C1CC1. The van der Waals surface area contributed by atoms with E-state index in [0.717, 1.165) is 12.8 Å². The molecule has 2 rings (SSSR count). The number of aryl methyl sites for hydroxylation is 1. The molecule has 92 valence electrons. The van der Waals surface area contributed by atoms with Crippen LogP contribution >= 0.6 is 0 Å². The lowest BCUT2D eigenvalue weighted by molar-refractivity contribution is -0.117. The average Bonchev–Trinajstić information content (AvgIpc) is 3.02. The van der Waals surface area contributed by atoms with Crippen molar-refractivity contribution in [1.29, 1.82) is 0 Å². The van der Waals surface area contributed by atoms with Gasteiger partial charge in [-0.15, -0.1) is 0 Å². The maximum atomic E-state index is 11.6. The number of sulfonamides is 1. The summed E-state index contributed by atoms with van der Waals surface area (Å²) in [5, 5.41) is 7.80. The Morgan fingerprint density at radius 2 is 2.06 bits per heavy atom. The van der Waals surface area contributed by atoms with Gasteiger partial charge in [-0.2, -0.15) is 0 Å². The summed E-state index contributed by atoms with van der Waals surface area (Å²) in [6.45, 7) is 1.73. The predicted octanol–water partition coefficient (Wildman–Crippen LogP) is 0.991. The fourth-order valence-corrected chi connectivity index (χ4v) is 2.13. The van der Waals surface area contributed by atoms with Crippen LogP contribution in [0.4, 0.5) is 5.69 Å². The molecular formula is C11H14N2O3S. The van der Waals surface area contributed by atoms with E-state index in [2.05, 4.69) is 5.32 Å². The Bertz CT molecular complexity index is 562. The van der Waals surface area contributed by atoms with E-state index in [1.807, 2.05) is 0 Å². The van der Waals surface area contributed by atoms with Crippen LogP contribution in [0.5, 0.6) is 0 Å². The summed E-state index contributed by atoms with van der Waals surface area (Å²) in [4.78, 5) is 11.6. The third kappa shape index (κ3) is 2.83. The van der Waals surface area contributed by atoms with Crippen molar-refractivity contribution in [3.63, 3.8) is 0 Å². The number of primary sulfonamides is 1. The summed E-state index contributed by atoms with van der Waals surface area (Å²) >= 11 is 0. The monoisotopic (exact) mass is 254 g/mol. The van der Waals surface area contributed by atoms with E-state index in [-0.39, 0.29) is 16.7 Å². The van der Waals surface area contributed by atoms with Gasteiger partial charge in [0.15, 0.2) is 0 Å². The minimum Gasteiger partial charge on any atom is -0.326 e. The quantitative estimate of drug-likeness (QED) is 0.843. The zero-order valence-corrected chi connectivity index (χ0v) is 10.3. The van der Waals surface area contributed by atoms with E-state index < -0.39 is 10.0 Å². The molecule has 5 nitrogen and oxygen atoms in total. The molecule has 0 saturated heterocycles. The fraction of sp³-hybridized carbons (Fsp3) is 0.364. The standard InChI is InChI=1S/C11H14N2O3S/c1-7-6-9(17(12,15)16)4-5-10(7)13-11(14)8-2-3-8/h4-6,8H,2-3H2,1H3,(H,13,14)(H2,12,15,16). The molecule has 1 aliphatic rings. The highest BCUT2D eigenvalue weighted by atomic mass is 32.2. The number of nitrogens with two attached hydrogens (primary N) is 1. The van der Waals surface area contributed by atoms with Gasteiger partial charge < -0.3 is 5.32 Å².